The van der Waals surface area contributed by atoms with Crippen molar-refractivity contribution in [3.8, 4) is 5.75 Å². The molecule has 0 aliphatic carbocycles. The Morgan fingerprint density at radius 1 is 1.50 bits per heavy atom. The molecule has 0 aliphatic rings. The van der Waals surface area contributed by atoms with E-state index < -0.39 is 5.97 Å². The minimum atomic E-state index is -0.833. The van der Waals surface area contributed by atoms with Crippen molar-refractivity contribution in [3.05, 3.63) is 38.9 Å². The van der Waals surface area contributed by atoms with Crippen LogP contribution in [0, 0.1) is 3.57 Å². The molecule has 0 aliphatic heterocycles. The number of carbonyl (C=O) groups is 1. The number of halogens is 2. The second kappa shape index (κ2) is 11.1. The Kier molecular flexibility index (Phi) is 12.7. The van der Waals surface area contributed by atoms with Gasteiger partial charge >= 0.3 is 29.6 Å². The van der Waals surface area contributed by atoms with Crippen LogP contribution < -0.4 is 4.74 Å². The van der Waals surface area contributed by atoms with Gasteiger partial charge in [0.15, 0.2) is 0 Å². The zero-order chi connectivity index (χ0) is 13.4. The van der Waals surface area contributed by atoms with Crippen LogP contribution in [0.25, 0.3) is 0 Å². The Hall–Kier alpha value is 0.250. The van der Waals surface area contributed by atoms with E-state index in [-0.39, 0.29) is 29.6 Å². The molecule has 0 fully saturated rings. The molecule has 1 rings (SSSR count). The van der Waals surface area contributed by atoms with Crippen molar-refractivity contribution < 1.29 is 14.6 Å². The van der Waals surface area contributed by atoms with Crippen LogP contribution in [-0.4, -0.2) is 47.2 Å². The maximum absolute atomic E-state index is 9.00. The van der Waals surface area contributed by atoms with Crippen molar-refractivity contribution in [3.63, 3.8) is 0 Å². The van der Waals surface area contributed by atoms with Crippen molar-refractivity contribution in [1.29, 1.82) is 0 Å². The Labute approximate surface area is 148 Å². The molecule has 0 radical (unpaired) electrons. The quantitative estimate of drug-likeness (QED) is 0.487. The van der Waals surface area contributed by atoms with Gasteiger partial charge in [-0.3, -0.25) is 4.79 Å². The van der Waals surface area contributed by atoms with Crippen molar-refractivity contribution in [2.75, 3.05) is 6.61 Å². The monoisotopic (exact) mass is 392 g/mol. The van der Waals surface area contributed by atoms with Gasteiger partial charge in [0, 0.05) is 11.9 Å². The second-order valence-electron chi connectivity index (χ2n) is 3.34. The summed E-state index contributed by atoms with van der Waals surface area (Å²) in [5.74, 6) is 0.0213. The molecule has 0 bridgehead atoms. The molecule has 0 heterocycles. The van der Waals surface area contributed by atoms with Crippen LogP contribution in [0.15, 0.2) is 30.4 Å². The van der Waals surface area contributed by atoms with Crippen LogP contribution in [-0.2, 0) is 4.79 Å². The zero-order valence-corrected chi connectivity index (χ0v) is 12.6. The van der Waals surface area contributed by atoms with Gasteiger partial charge in [0.1, 0.15) is 12.4 Å². The number of ether oxygens (including phenoxy) is 1. The Morgan fingerprint density at radius 2 is 2.00 bits per heavy atom. The summed E-state index contributed by atoms with van der Waals surface area (Å²) in [6, 6.07) is 5.56. The number of rotatable bonds is 3. The van der Waals surface area contributed by atoms with Gasteiger partial charge in [0.25, 0.3) is 5.97 Å². The maximum atomic E-state index is 9.00. The summed E-state index contributed by atoms with van der Waals surface area (Å²) in [6.45, 7) is 7.33. The third kappa shape index (κ3) is 11.3. The molecule has 6 heteroatoms. The third-order valence-electron chi connectivity index (χ3n) is 1.37. The summed E-state index contributed by atoms with van der Waals surface area (Å²) in [6.07, 6.45) is 0. The summed E-state index contributed by atoms with van der Waals surface area (Å²) in [7, 11) is 0. The van der Waals surface area contributed by atoms with E-state index in [1.807, 2.05) is 25.1 Å². The van der Waals surface area contributed by atoms with Crippen LogP contribution in [0.5, 0.6) is 5.75 Å². The molecule has 96 valence electrons. The Balaban J connectivity index is 0. The molecule has 0 atom stereocenters. The molecule has 0 saturated carbocycles. The molecule has 18 heavy (non-hydrogen) atoms. The predicted molar refractivity (Wildman–Crippen MR) is 84.9 cm³/mol. The SMILES string of the molecule is C=C(C)COc1ccc(Cl)cc1I.CC(=O)O.[NaH]. The number of carboxylic acid groups (broad SMARTS) is 1. The molecular formula is C12H15ClINaO3. The fourth-order valence-corrected chi connectivity index (χ4v) is 1.82. The van der Waals surface area contributed by atoms with Gasteiger partial charge in [-0.15, -0.1) is 0 Å². The molecule has 1 aromatic rings. The van der Waals surface area contributed by atoms with Crippen LogP contribution >= 0.6 is 34.2 Å². The second-order valence-corrected chi connectivity index (χ2v) is 4.94. The van der Waals surface area contributed by atoms with Gasteiger partial charge < -0.3 is 9.84 Å². The van der Waals surface area contributed by atoms with Gasteiger partial charge in [0.2, 0.25) is 0 Å². The van der Waals surface area contributed by atoms with Gasteiger partial charge in [-0.1, -0.05) is 18.2 Å². The molecule has 0 saturated heterocycles. The molecular weight excluding hydrogens is 377 g/mol. The predicted octanol–water partition coefficient (Wildman–Crippen LogP) is 3.34. The first-order valence-corrected chi connectivity index (χ1v) is 6.20. The summed E-state index contributed by atoms with van der Waals surface area (Å²) in [5, 5.41) is 8.15. The van der Waals surface area contributed by atoms with E-state index >= 15 is 0 Å². The standard InChI is InChI=1S/C10H10ClIO.C2H4O2.Na.H/c1-7(2)6-13-10-4-3-8(11)5-9(10)12;1-2(3)4;;/h3-5H,1,6H2,2H3;1H3,(H,3,4);;. The van der Waals surface area contributed by atoms with Crippen LogP contribution in [0.3, 0.4) is 0 Å². The van der Waals surface area contributed by atoms with E-state index in [9.17, 15) is 0 Å². The van der Waals surface area contributed by atoms with Gasteiger partial charge in [0.05, 0.1) is 3.57 Å². The zero-order valence-electron chi connectivity index (χ0n) is 9.67. The number of benzene rings is 1. The molecule has 0 spiro atoms. The van der Waals surface area contributed by atoms with E-state index in [4.69, 9.17) is 26.2 Å². The van der Waals surface area contributed by atoms with Crippen LogP contribution in [0.2, 0.25) is 5.02 Å². The van der Waals surface area contributed by atoms with Crippen molar-refractivity contribution >= 4 is 69.7 Å². The van der Waals surface area contributed by atoms with Crippen molar-refractivity contribution in [2.45, 2.75) is 13.8 Å². The summed E-state index contributed by atoms with van der Waals surface area (Å²) >= 11 is 8.00. The van der Waals surface area contributed by atoms with Crippen molar-refractivity contribution in [1.82, 2.24) is 0 Å². The van der Waals surface area contributed by atoms with E-state index in [1.54, 1.807) is 0 Å². The first-order chi connectivity index (χ1) is 7.82. The summed E-state index contributed by atoms with van der Waals surface area (Å²) < 4.78 is 6.51. The number of hydrogen-bond acceptors (Lipinski definition) is 2. The van der Waals surface area contributed by atoms with Crippen LogP contribution in [0.1, 0.15) is 13.8 Å². The van der Waals surface area contributed by atoms with E-state index in [0.717, 1.165) is 26.8 Å². The molecule has 0 unspecified atom stereocenters. The van der Waals surface area contributed by atoms with Crippen LogP contribution in [0.4, 0.5) is 0 Å². The summed E-state index contributed by atoms with van der Waals surface area (Å²) in [4.78, 5) is 9.00. The van der Waals surface area contributed by atoms with Gasteiger partial charge in [-0.05, 0) is 53.3 Å². The van der Waals surface area contributed by atoms with E-state index in [2.05, 4.69) is 29.2 Å². The topological polar surface area (TPSA) is 46.5 Å². The normalized spacial score (nSPS) is 8.44. The Morgan fingerprint density at radius 3 is 2.39 bits per heavy atom. The average Bonchev–Trinajstić information content (AvgIpc) is 2.15. The minimum absolute atomic E-state index is 0. The van der Waals surface area contributed by atoms with E-state index in [0.29, 0.717) is 6.61 Å². The van der Waals surface area contributed by atoms with E-state index in [1.165, 1.54) is 0 Å². The summed E-state index contributed by atoms with van der Waals surface area (Å²) in [5.41, 5.74) is 1.01. The number of hydrogen-bond donors (Lipinski definition) is 1. The van der Waals surface area contributed by atoms with Gasteiger partial charge in [-0.2, -0.15) is 0 Å². The molecule has 3 nitrogen and oxygen atoms in total. The number of carboxylic acids is 1. The third-order valence-corrected chi connectivity index (χ3v) is 2.45. The number of aliphatic carboxylic acids is 1. The molecule has 0 aromatic heterocycles. The molecule has 0 amide bonds. The molecule has 1 aromatic carbocycles. The fourth-order valence-electron chi connectivity index (χ4n) is 0.793. The van der Waals surface area contributed by atoms with Crippen molar-refractivity contribution in [2.24, 2.45) is 0 Å². The first-order valence-electron chi connectivity index (χ1n) is 4.74. The Bertz CT molecular complexity index is 406. The first kappa shape index (κ1) is 20.6. The average molecular weight is 393 g/mol. The van der Waals surface area contributed by atoms with Gasteiger partial charge in [-0.25, -0.2) is 0 Å². The fraction of sp³-hybridized carbons (Fsp3) is 0.250. The molecule has 1 N–H and O–H groups in total.